The first-order valence-corrected chi connectivity index (χ1v) is 5.47. The molecule has 0 bridgehead atoms. The van der Waals surface area contributed by atoms with Crippen molar-refractivity contribution >= 4 is 5.97 Å². The number of nitrogens with zero attached hydrogens (tertiary/aromatic N) is 1. The summed E-state index contributed by atoms with van der Waals surface area (Å²) < 4.78 is 4.45. The summed E-state index contributed by atoms with van der Waals surface area (Å²) in [5.41, 5.74) is 0. The van der Waals surface area contributed by atoms with Crippen molar-refractivity contribution in [3.63, 3.8) is 0 Å². The summed E-state index contributed by atoms with van der Waals surface area (Å²) in [7, 11) is 1.32. The molecule has 0 aromatic heterocycles. The maximum Gasteiger partial charge on any atom is 0.309 e. The van der Waals surface area contributed by atoms with Crippen LogP contribution in [0.1, 0.15) is 39.0 Å². The van der Waals surface area contributed by atoms with E-state index in [-0.39, 0.29) is 17.3 Å². The van der Waals surface area contributed by atoms with Crippen molar-refractivity contribution in [3.05, 3.63) is 22.3 Å². The average molecular weight is 229 g/mol. The first-order valence-electron chi connectivity index (χ1n) is 5.47. The van der Waals surface area contributed by atoms with Gasteiger partial charge in [0.25, 0.3) is 0 Å². The number of hydrogen-bond acceptors (Lipinski definition) is 4. The lowest BCUT2D eigenvalue weighted by atomic mass is 10.1. The molecule has 0 spiro atoms. The van der Waals surface area contributed by atoms with Gasteiger partial charge in [-0.15, -0.1) is 0 Å². The second-order valence-electron chi connectivity index (χ2n) is 3.57. The van der Waals surface area contributed by atoms with Crippen molar-refractivity contribution in [1.29, 1.82) is 0 Å². The highest BCUT2D eigenvalue weighted by Crippen LogP contribution is 2.08. The molecule has 5 nitrogen and oxygen atoms in total. The number of ether oxygens (including phenoxy) is 1. The van der Waals surface area contributed by atoms with Crippen LogP contribution in [0.25, 0.3) is 0 Å². The van der Waals surface area contributed by atoms with Gasteiger partial charge in [0.1, 0.15) is 0 Å². The van der Waals surface area contributed by atoms with E-state index in [1.807, 2.05) is 6.92 Å². The summed E-state index contributed by atoms with van der Waals surface area (Å²) in [5, 5.41) is 10.7. The van der Waals surface area contributed by atoms with Gasteiger partial charge in [-0.3, -0.25) is 14.9 Å². The van der Waals surface area contributed by atoms with E-state index in [1.54, 1.807) is 12.2 Å². The molecule has 0 amide bonds. The predicted octanol–water partition coefficient (Wildman–Crippen LogP) is 2.33. The van der Waals surface area contributed by atoms with Gasteiger partial charge in [0.2, 0.25) is 6.04 Å². The number of methoxy groups -OCH3 is 1. The Morgan fingerprint density at radius 2 is 2.19 bits per heavy atom. The van der Waals surface area contributed by atoms with Crippen LogP contribution in [0.15, 0.2) is 12.2 Å². The Balaban J connectivity index is 3.91. The van der Waals surface area contributed by atoms with Gasteiger partial charge in [0.15, 0.2) is 0 Å². The van der Waals surface area contributed by atoms with E-state index in [0.717, 1.165) is 12.8 Å². The third-order valence-corrected chi connectivity index (χ3v) is 2.28. The topological polar surface area (TPSA) is 69.4 Å². The predicted molar refractivity (Wildman–Crippen MR) is 60.7 cm³/mol. The minimum atomic E-state index is -0.533. The first kappa shape index (κ1) is 14.6. The summed E-state index contributed by atoms with van der Waals surface area (Å²) in [4.78, 5) is 21.2. The van der Waals surface area contributed by atoms with Crippen LogP contribution in [0.4, 0.5) is 0 Å². The standard InChI is InChI=1S/C11H19NO4/c1-3-4-7-10(12(14)15)8-5-6-9-11(13)16-2/h5-6,10H,3-4,7-9H2,1-2H3/b6-5+. The molecule has 1 unspecified atom stereocenters. The number of carbonyl (C=O) groups is 1. The number of unbranched alkanes of at least 4 members (excludes halogenated alkanes) is 1. The summed E-state index contributed by atoms with van der Waals surface area (Å²) >= 11 is 0. The maximum absolute atomic E-state index is 10.8. The van der Waals surface area contributed by atoms with Crippen LogP contribution in [-0.4, -0.2) is 24.0 Å². The second kappa shape index (κ2) is 8.88. The third kappa shape index (κ3) is 6.98. The molecule has 16 heavy (non-hydrogen) atoms. The van der Waals surface area contributed by atoms with E-state index in [2.05, 4.69) is 4.74 Å². The molecule has 0 saturated carbocycles. The van der Waals surface area contributed by atoms with E-state index >= 15 is 0 Å². The van der Waals surface area contributed by atoms with E-state index in [4.69, 9.17) is 0 Å². The Morgan fingerprint density at radius 1 is 1.50 bits per heavy atom. The molecule has 0 aromatic carbocycles. The van der Waals surface area contributed by atoms with Crippen LogP contribution in [0.5, 0.6) is 0 Å². The van der Waals surface area contributed by atoms with Gasteiger partial charge in [-0.1, -0.05) is 25.5 Å². The fourth-order valence-electron chi connectivity index (χ4n) is 1.27. The molecule has 0 aromatic rings. The Morgan fingerprint density at radius 3 is 2.69 bits per heavy atom. The highest BCUT2D eigenvalue weighted by molar-refractivity contribution is 5.70. The smallest absolute Gasteiger partial charge is 0.309 e. The molecule has 92 valence electrons. The van der Waals surface area contributed by atoms with Gasteiger partial charge in [-0.25, -0.2) is 0 Å². The van der Waals surface area contributed by atoms with Crippen LogP contribution in [0.2, 0.25) is 0 Å². The van der Waals surface area contributed by atoms with Crippen LogP contribution >= 0.6 is 0 Å². The summed E-state index contributed by atoms with van der Waals surface area (Å²) in [6.45, 7) is 2.00. The Bertz CT molecular complexity index is 250. The van der Waals surface area contributed by atoms with Crippen molar-refractivity contribution in [2.24, 2.45) is 0 Å². The molecule has 0 radical (unpaired) electrons. The van der Waals surface area contributed by atoms with Gasteiger partial charge in [0, 0.05) is 17.8 Å². The molecule has 5 heteroatoms. The number of nitro groups is 1. The largest absolute Gasteiger partial charge is 0.469 e. The van der Waals surface area contributed by atoms with Crippen molar-refractivity contribution in [2.45, 2.75) is 45.1 Å². The third-order valence-electron chi connectivity index (χ3n) is 2.28. The van der Waals surface area contributed by atoms with E-state index in [0.29, 0.717) is 12.8 Å². The van der Waals surface area contributed by atoms with E-state index in [9.17, 15) is 14.9 Å². The van der Waals surface area contributed by atoms with Gasteiger partial charge in [-0.05, 0) is 6.42 Å². The Hall–Kier alpha value is -1.39. The first-order chi connectivity index (χ1) is 7.61. The average Bonchev–Trinajstić information content (AvgIpc) is 2.27. The van der Waals surface area contributed by atoms with Gasteiger partial charge >= 0.3 is 5.97 Å². The zero-order valence-corrected chi connectivity index (χ0v) is 9.85. The molecule has 0 aliphatic carbocycles. The highest BCUT2D eigenvalue weighted by atomic mass is 16.6. The molecule has 0 aliphatic heterocycles. The van der Waals surface area contributed by atoms with Gasteiger partial charge < -0.3 is 4.74 Å². The molecule has 0 N–H and O–H groups in total. The molecule has 0 rings (SSSR count). The van der Waals surface area contributed by atoms with Crippen LogP contribution in [0, 0.1) is 10.1 Å². The fourth-order valence-corrected chi connectivity index (χ4v) is 1.27. The minimum Gasteiger partial charge on any atom is -0.469 e. The lowest BCUT2D eigenvalue weighted by molar-refractivity contribution is -0.522. The van der Waals surface area contributed by atoms with Crippen molar-refractivity contribution in [1.82, 2.24) is 0 Å². The van der Waals surface area contributed by atoms with Crippen LogP contribution in [0.3, 0.4) is 0 Å². The van der Waals surface area contributed by atoms with E-state index < -0.39 is 6.04 Å². The van der Waals surface area contributed by atoms with Crippen LogP contribution < -0.4 is 0 Å². The van der Waals surface area contributed by atoms with Gasteiger partial charge in [0.05, 0.1) is 13.5 Å². The van der Waals surface area contributed by atoms with Gasteiger partial charge in [-0.2, -0.15) is 0 Å². The Kier molecular flexibility index (Phi) is 8.11. The molecule has 0 saturated heterocycles. The SMILES string of the molecule is CCCCC(C/C=C/CC(=O)OC)[N+](=O)[O-]. The van der Waals surface area contributed by atoms with E-state index in [1.165, 1.54) is 7.11 Å². The second-order valence-corrected chi connectivity index (χ2v) is 3.57. The lowest BCUT2D eigenvalue weighted by Crippen LogP contribution is -2.18. The molecular weight excluding hydrogens is 210 g/mol. The lowest BCUT2D eigenvalue weighted by Gasteiger charge is -2.05. The molecule has 0 fully saturated rings. The summed E-state index contributed by atoms with van der Waals surface area (Å²) in [6.07, 6.45) is 6.26. The molecule has 0 heterocycles. The monoisotopic (exact) mass is 229 g/mol. The number of esters is 1. The quantitative estimate of drug-likeness (QED) is 0.277. The normalized spacial score (nSPS) is 12.6. The zero-order chi connectivity index (χ0) is 12.4. The Labute approximate surface area is 95.6 Å². The summed E-state index contributed by atoms with van der Waals surface area (Å²) in [5.74, 6) is -0.331. The molecule has 1 atom stereocenters. The number of hydrogen-bond donors (Lipinski definition) is 0. The van der Waals surface area contributed by atoms with Crippen molar-refractivity contribution < 1.29 is 14.5 Å². The molecular formula is C11H19NO4. The maximum atomic E-state index is 10.8. The van der Waals surface area contributed by atoms with Crippen LogP contribution in [-0.2, 0) is 9.53 Å². The van der Waals surface area contributed by atoms with Crippen molar-refractivity contribution in [3.8, 4) is 0 Å². The highest BCUT2D eigenvalue weighted by Gasteiger charge is 2.16. The van der Waals surface area contributed by atoms with Crippen molar-refractivity contribution in [2.75, 3.05) is 7.11 Å². The molecule has 0 aliphatic rings. The fraction of sp³-hybridized carbons (Fsp3) is 0.727. The zero-order valence-electron chi connectivity index (χ0n) is 9.85. The minimum absolute atomic E-state index is 0.175. The number of carbonyl (C=O) groups excluding carboxylic acids is 1. The number of rotatable bonds is 8. The summed E-state index contributed by atoms with van der Waals surface area (Å²) in [6, 6.07) is -0.533.